The van der Waals surface area contributed by atoms with Crippen LogP contribution in [-0.2, 0) is 11.3 Å². The normalized spacial score (nSPS) is 12.0. The number of methoxy groups -OCH3 is 1. The summed E-state index contributed by atoms with van der Waals surface area (Å²) in [5, 5.41) is 12.5. The molecular formula is C25H27N5O3. The summed E-state index contributed by atoms with van der Waals surface area (Å²) in [5.41, 5.74) is 3.34. The second-order valence-corrected chi connectivity index (χ2v) is 7.88. The Morgan fingerprint density at radius 3 is 2.39 bits per heavy atom. The Kier molecular flexibility index (Phi) is 6.26. The lowest BCUT2D eigenvalue weighted by Gasteiger charge is -2.17. The highest BCUT2D eigenvalue weighted by Crippen LogP contribution is 2.21. The molecule has 2 heterocycles. The molecule has 2 aromatic heterocycles. The number of aryl methyl sites for hydroxylation is 2. The zero-order chi connectivity index (χ0) is 23.5. The van der Waals surface area contributed by atoms with Gasteiger partial charge in [0, 0.05) is 6.54 Å². The van der Waals surface area contributed by atoms with Crippen molar-refractivity contribution in [3.8, 4) is 11.4 Å². The summed E-state index contributed by atoms with van der Waals surface area (Å²) in [6, 6.07) is 16.4. The molecule has 0 saturated heterocycles. The van der Waals surface area contributed by atoms with Crippen LogP contribution in [0.5, 0.6) is 5.75 Å². The first-order valence-corrected chi connectivity index (χ1v) is 10.9. The summed E-state index contributed by atoms with van der Waals surface area (Å²) < 4.78 is 8.21. The molecule has 0 fully saturated rings. The second kappa shape index (κ2) is 9.28. The van der Waals surface area contributed by atoms with Crippen LogP contribution in [0.1, 0.15) is 36.3 Å². The van der Waals surface area contributed by atoms with Crippen LogP contribution in [0.15, 0.2) is 59.4 Å². The van der Waals surface area contributed by atoms with Crippen molar-refractivity contribution in [3.05, 3.63) is 81.9 Å². The Morgan fingerprint density at radius 1 is 1.06 bits per heavy atom. The fourth-order valence-corrected chi connectivity index (χ4v) is 3.93. The van der Waals surface area contributed by atoms with E-state index in [9.17, 15) is 9.59 Å². The Morgan fingerprint density at radius 2 is 1.76 bits per heavy atom. The van der Waals surface area contributed by atoms with Gasteiger partial charge in [0.1, 0.15) is 17.3 Å². The summed E-state index contributed by atoms with van der Waals surface area (Å²) in [6.45, 7) is 5.88. The van der Waals surface area contributed by atoms with Gasteiger partial charge in [-0.25, -0.2) is 9.36 Å². The van der Waals surface area contributed by atoms with Crippen molar-refractivity contribution in [3.63, 3.8) is 0 Å². The average Bonchev–Trinajstić information content (AvgIpc) is 3.20. The van der Waals surface area contributed by atoms with E-state index in [1.807, 2.05) is 75.4 Å². The maximum Gasteiger partial charge on any atom is 0.278 e. The molecule has 0 aliphatic rings. The number of hydrogen-bond donors (Lipinski definition) is 1. The van der Waals surface area contributed by atoms with Crippen molar-refractivity contribution in [2.24, 2.45) is 0 Å². The van der Waals surface area contributed by atoms with Gasteiger partial charge in [-0.3, -0.25) is 9.59 Å². The summed E-state index contributed by atoms with van der Waals surface area (Å²) >= 11 is 0. The maximum atomic E-state index is 13.4. The molecule has 2 aromatic carbocycles. The van der Waals surface area contributed by atoms with E-state index in [-0.39, 0.29) is 11.5 Å². The Hall–Kier alpha value is -3.94. The van der Waals surface area contributed by atoms with Gasteiger partial charge in [0.15, 0.2) is 0 Å². The van der Waals surface area contributed by atoms with E-state index in [0.717, 1.165) is 17.0 Å². The van der Waals surface area contributed by atoms with Crippen molar-refractivity contribution >= 4 is 16.8 Å². The number of aromatic nitrogens is 4. The van der Waals surface area contributed by atoms with E-state index in [2.05, 4.69) is 15.5 Å². The summed E-state index contributed by atoms with van der Waals surface area (Å²) in [4.78, 5) is 26.5. The van der Waals surface area contributed by atoms with E-state index in [1.165, 1.54) is 4.68 Å². The molecule has 170 valence electrons. The van der Waals surface area contributed by atoms with Crippen LogP contribution in [-0.4, -0.2) is 32.6 Å². The molecule has 1 amide bonds. The highest BCUT2D eigenvalue weighted by Gasteiger charge is 2.25. The zero-order valence-corrected chi connectivity index (χ0v) is 19.2. The topological polar surface area (TPSA) is 91.0 Å². The molecule has 0 radical (unpaired) electrons. The third kappa shape index (κ3) is 4.24. The molecule has 8 nitrogen and oxygen atoms in total. The lowest BCUT2D eigenvalue weighted by Crippen LogP contribution is -2.38. The third-order valence-corrected chi connectivity index (χ3v) is 5.75. The first-order valence-electron chi connectivity index (χ1n) is 10.9. The number of rotatable bonds is 7. The molecule has 4 aromatic rings. The largest absolute Gasteiger partial charge is 0.497 e. The zero-order valence-electron chi connectivity index (χ0n) is 19.2. The molecule has 33 heavy (non-hydrogen) atoms. The first-order chi connectivity index (χ1) is 15.9. The van der Waals surface area contributed by atoms with Crippen molar-refractivity contribution in [2.45, 2.75) is 39.8 Å². The first kappa shape index (κ1) is 22.3. The average molecular weight is 446 g/mol. The molecule has 0 spiro atoms. The van der Waals surface area contributed by atoms with Gasteiger partial charge >= 0.3 is 0 Å². The fraction of sp³-hybridized carbons (Fsp3) is 0.280. The van der Waals surface area contributed by atoms with Crippen LogP contribution in [0.3, 0.4) is 0 Å². The molecule has 0 aliphatic carbocycles. The molecule has 0 saturated carbocycles. The Bertz CT molecular complexity index is 1340. The lowest BCUT2D eigenvalue weighted by molar-refractivity contribution is -0.125. The van der Waals surface area contributed by atoms with Crippen LogP contribution in [0.2, 0.25) is 0 Å². The van der Waals surface area contributed by atoms with Gasteiger partial charge in [-0.05, 0) is 50.1 Å². The molecule has 4 rings (SSSR count). The van der Waals surface area contributed by atoms with E-state index >= 15 is 0 Å². The van der Waals surface area contributed by atoms with Crippen LogP contribution in [0.4, 0.5) is 0 Å². The van der Waals surface area contributed by atoms with Crippen molar-refractivity contribution in [1.29, 1.82) is 0 Å². The molecule has 0 unspecified atom stereocenters. The maximum absolute atomic E-state index is 13.4. The van der Waals surface area contributed by atoms with Gasteiger partial charge in [-0.15, -0.1) is 0 Å². The number of hydrogen-bond acceptors (Lipinski definition) is 5. The second-order valence-electron chi connectivity index (χ2n) is 7.88. The number of nitrogens with zero attached hydrogens (tertiary/aromatic N) is 4. The lowest BCUT2D eigenvalue weighted by atomic mass is 10.1. The predicted molar refractivity (Wildman–Crippen MR) is 127 cm³/mol. The quantitative estimate of drug-likeness (QED) is 0.470. The standard InChI is InChI=1S/C25H27N5O3/c1-5-21(24(31)26-15-18-11-13-20(33-4)14-12-18)30-25(32)22-17(3)29(19-9-7-6-8-10-19)28-23(22)16(2)27-30/h6-14,21H,5,15H2,1-4H3,(H,26,31)/t21-/m0/s1. The summed E-state index contributed by atoms with van der Waals surface area (Å²) in [7, 11) is 1.61. The number of nitrogens with one attached hydrogen (secondary N) is 1. The van der Waals surface area contributed by atoms with Gasteiger partial charge < -0.3 is 10.1 Å². The van der Waals surface area contributed by atoms with E-state index in [4.69, 9.17) is 4.74 Å². The fourth-order valence-electron chi connectivity index (χ4n) is 3.93. The molecule has 1 N–H and O–H groups in total. The minimum Gasteiger partial charge on any atom is -0.497 e. The number of benzene rings is 2. The summed E-state index contributed by atoms with van der Waals surface area (Å²) in [5.74, 6) is 0.497. The van der Waals surface area contributed by atoms with E-state index in [0.29, 0.717) is 35.3 Å². The summed E-state index contributed by atoms with van der Waals surface area (Å²) in [6.07, 6.45) is 0.429. The van der Waals surface area contributed by atoms with Gasteiger partial charge in [-0.2, -0.15) is 10.2 Å². The molecule has 0 bridgehead atoms. The third-order valence-electron chi connectivity index (χ3n) is 5.75. The van der Waals surface area contributed by atoms with Crippen LogP contribution >= 0.6 is 0 Å². The number of para-hydroxylation sites is 1. The highest BCUT2D eigenvalue weighted by molar-refractivity contribution is 5.84. The van der Waals surface area contributed by atoms with Crippen LogP contribution in [0, 0.1) is 13.8 Å². The number of ether oxygens (including phenoxy) is 1. The molecule has 1 atom stereocenters. The molecule has 0 aliphatic heterocycles. The smallest absolute Gasteiger partial charge is 0.278 e. The Balaban J connectivity index is 1.66. The van der Waals surface area contributed by atoms with Crippen molar-refractivity contribution < 1.29 is 9.53 Å². The monoisotopic (exact) mass is 445 g/mol. The SMILES string of the molecule is CC[C@@H](C(=O)NCc1ccc(OC)cc1)n1nc(C)c2nn(-c3ccccc3)c(C)c2c1=O. The Labute approximate surface area is 191 Å². The van der Waals surface area contributed by atoms with E-state index < -0.39 is 6.04 Å². The van der Waals surface area contributed by atoms with Gasteiger partial charge in [0.2, 0.25) is 5.91 Å². The van der Waals surface area contributed by atoms with E-state index in [1.54, 1.807) is 11.8 Å². The highest BCUT2D eigenvalue weighted by atomic mass is 16.5. The number of fused-ring (bicyclic) bond motifs is 1. The van der Waals surface area contributed by atoms with Gasteiger partial charge in [-0.1, -0.05) is 37.3 Å². The van der Waals surface area contributed by atoms with Gasteiger partial charge in [0.25, 0.3) is 5.56 Å². The van der Waals surface area contributed by atoms with Crippen molar-refractivity contribution in [1.82, 2.24) is 24.9 Å². The minimum absolute atomic E-state index is 0.255. The number of carbonyl (C=O) groups excluding carboxylic acids is 1. The minimum atomic E-state index is -0.724. The molecular weight excluding hydrogens is 418 g/mol. The number of carbonyl (C=O) groups is 1. The number of amides is 1. The molecule has 8 heteroatoms. The van der Waals surface area contributed by atoms with Gasteiger partial charge in [0.05, 0.1) is 29.6 Å². The van der Waals surface area contributed by atoms with Crippen LogP contribution in [0.25, 0.3) is 16.6 Å². The van der Waals surface area contributed by atoms with Crippen molar-refractivity contribution in [2.75, 3.05) is 7.11 Å². The van der Waals surface area contributed by atoms with Crippen LogP contribution < -0.4 is 15.6 Å². The predicted octanol–water partition coefficient (Wildman–Crippen LogP) is 3.48.